The molecule has 0 atom stereocenters. The number of thioether (sulfide) groups is 1. The Labute approximate surface area is 188 Å². The number of aromatic nitrogens is 6. The molecule has 0 amide bonds. The highest BCUT2D eigenvalue weighted by Gasteiger charge is 2.18. The van der Waals surface area contributed by atoms with Crippen molar-refractivity contribution in [3.05, 3.63) is 61.4 Å². The number of aryl methyl sites for hydroxylation is 2. The summed E-state index contributed by atoms with van der Waals surface area (Å²) in [4.78, 5) is 49.7. The molecule has 0 unspecified atom stereocenters. The van der Waals surface area contributed by atoms with Crippen LogP contribution < -0.4 is 16.9 Å². The van der Waals surface area contributed by atoms with Crippen LogP contribution in [0.2, 0.25) is 0 Å². The first-order chi connectivity index (χ1) is 15.3. The van der Waals surface area contributed by atoms with Crippen LogP contribution in [0.1, 0.15) is 26.1 Å². The van der Waals surface area contributed by atoms with Crippen LogP contribution in [0, 0.1) is 12.8 Å². The van der Waals surface area contributed by atoms with E-state index in [2.05, 4.69) is 15.0 Å². The topological polar surface area (TPSA) is 108 Å². The minimum atomic E-state index is -0.389. The molecule has 0 aliphatic heterocycles. The van der Waals surface area contributed by atoms with Crippen molar-refractivity contribution in [3.8, 4) is 0 Å². The molecule has 4 aromatic rings. The molecular weight excluding hydrogens is 428 g/mol. The van der Waals surface area contributed by atoms with Crippen LogP contribution in [0.15, 0.2) is 43.7 Å². The lowest BCUT2D eigenvalue weighted by Gasteiger charge is -2.15. The Hall–Kier alpha value is -3.14. The van der Waals surface area contributed by atoms with Gasteiger partial charge in [-0.3, -0.25) is 18.5 Å². The van der Waals surface area contributed by atoms with Crippen molar-refractivity contribution in [1.82, 2.24) is 28.7 Å². The van der Waals surface area contributed by atoms with Crippen LogP contribution in [0.3, 0.4) is 0 Å². The number of H-pyrrole nitrogens is 1. The van der Waals surface area contributed by atoms with E-state index in [1.807, 2.05) is 38.1 Å². The maximum atomic E-state index is 12.9. The minimum Gasteiger partial charge on any atom is -0.306 e. The second-order valence-electron chi connectivity index (χ2n) is 8.23. The number of imidazole rings is 1. The number of benzene rings is 1. The molecule has 1 N–H and O–H groups in total. The van der Waals surface area contributed by atoms with Crippen LogP contribution in [-0.4, -0.2) is 34.4 Å². The molecule has 0 saturated heterocycles. The molecule has 0 bridgehead atoms. The SMILES string of the molecule is Cc1nc(SCCCn2c(=O)[nH]c3ccccc32)c2c(=O)n(C)c(=O)n(CC(C)C)c2n1. The Bertz CT molecular complexity index is 1480. The molecule has 0 saturated carbocycles. The lowest BCUT2D eigenvalue weighted by atomic mass is 10.2. The van der Waals surface area contributed by atoms with Gasteiger partial charge >= 0.3 is 11.4 Å². The highest BCUT2D eigenvalue weighted by atomic mass is 32.2. The van der Waals surface area contributed by atoms with E-state index in [-0.39, 0.29) is 22.9 Å². The monoisotopic (exact) mass is 454 g/mol. The second kappa shape index (κ2) is 8.78. The Kier molecular flexibility index (Phi) is 6.05. The van der Waals surface area contributed by atoms with Crippen molar-refractivity contribution in [2.24, 2.45) is 13.0 Å². The number of para-hydroxylation sites is 2. The molecule has 1 aromatic carbocycles. The van der Waals surface area contributed by atoms with Crippen LogP contribution in [0.25, 0.3) is 22.1 Å². The lowest BCUT2D eigenvalue weighted by Crippen LogP contribution is -2.39. The van der Waals surface area contributed by atoms with Gasteiger partial charge in [-0.15, -0.1) is 11.8 Å². The predicted molar refractivity (Wildman–Crippen MR) is 127 cm³/mol. The number of hydrogen-bond acceptors (Lipinski definition) is 6. The van der Waals surface area contributed by atoms with Gasteiger partial charge in [-0.1, -0.05) is 26.0 Å². The summed E-state index contributed by atoms with van der Waals surface area (Å²) >= 11 is 1.45. The average molecular weight is 455 g/mol. The predicted octanol–water partition coefficient (Wildman–Crippen LogP) is 2.28. The van der Waals surface area contributed by atoms with Crippen molar-refractivity contribution in [3.63, 3.8) is 0 Å². The summed E-state index contributed by atoms with van der Waals surface area (Å²) in [6.45, 7) is 6.80. The number of nitrogens with one attached hydrogen (secondary N) is 1. The summed E-state index contributed by atoms with van der Waals surface area (Å²) in [7, 11) is 1.48. The normalized spacial score (nSPS) is 11.8. The van der Waals surface area contributed by atoms with Gasteiger partial charge in [-0.25, -0.2) is 19.6 Å². The van der Waals surface area contributed by atoms with E-state index in [9.17, 15) is 14.4 Å². The first kappa shape index (κ1) is 22.1. The molecule has 0 aliphatic rings. The number of rotatable bonds is 7. The van der Waals surface area contributed by atoms with Crippen LogP contribution in [0.4, 0.5) is 0 Å². The zero-order chi connectivity index (χ0) is 23.0. The maximum absolute atomic E-state index is 12.9. The fourth-order valence-corrected chi connectivity index (χ4v) is 4.78. The molecule has 3 aromatic heterocycles. The van der Waals surface area contributed by atoms with Crippen molar-refractivity contribution >= 4 is 33.8 Å². The number of fused-ring (bicyclic) bond motifs is 2. The Morgan fingerprint density at radius 2 is 1.84 bits per heavy atom. The Balaban J connectivity index is 1.64. The molecule has 0 aliphatic carbocycles. The minimum absolute atomic E-state index is 0.133. The number of hydrogen-bond donors (Lipinski definition) is 1. The van der Waals surface area contributed by atoms with Crippen LogP contribution in [0.5, 0.6) is 0 Å². The summed E-state index contributed by atoms with van der Waals surface area (Å²) in [5.74, 6) is 1.39. The summed E-state index contributed by atoms with van der Waals surface area (Å²) in [5.41, 5.74) is 1.18. The fourth-order valence-electron chi connectivity index (χ4n) is 3.80. The fraction of sp³-hybridized carbons (Fsp3) is 0.409. The van der Waals surface area contributed by atoms with Gasteiger partial charge in [0, 0.05) is 25.9 Å². The summed E-state index contributed by atoms with van der Waals surface area (Å²) in [6.07, 6.45) is 0.711. The molecule has 4 rings (SSSR count). The highest BCUT2D eigenvalue weighted by molar-refractivity contribution is 7.99. The molecule has 168 valence electrons. The van der Waals surface area contributed by atoms with Gasteiger partial charge < -0.3 is 4.98 Å². The van der Waals surface area contributed by atoms with Gasteiger partial charge in [0.25, 0.3) is 5.56 Å². The van der Waals surface area contributed by atoms with E-state index in [0.717, 1.165) is 15.6 Å². The third kappa shape index (κ3) is 4.02. The molecule has 0 fully saturated rings. The second-order valence-corrected chi connectivity index (χ2v) is 9.31. The van der Waals surface area contributed by atoms with E-state index in [4.69, 9.17) is 0 Å². The van der Waals surface area contributed by atoms with Gasteiger partial charge in [-0.05, 0) is 31.4 Å². The highest BCUT2D eigenvalue weighted by Crippen LogP contribution is 2.23. The van der Waals surface area contributed by atoms with Crippen LogP contribution >= 0.6 is 11.8 Å². The van der Waals surface area contributed by atoms with E-state index >= 15 is 0 Å². The average Bonchev–Trinajstić information content (AvgIpc) is 3.07. The summed E-state index contributed by atoms with van der Waals surface area (Å²) < 4.78 is 4.41. The Morgan fingerprint density at radius 1 is 1.09 bits per heavy atom. The van der Waals surface area contributed by atoms with E-state index < -0.39 is 0 Å². The van der Waals surface area contributed by atoms with E-state index in [0.29, 0.717) is 47.1 Å². The van der Waals surface area contributed by atoms with Gasteiger partial charge in [-0.2, -0.15) is 0 Å². The molecule has 3 heterocycles. The third-order valence-corrected chi connectivity index (χ3v) is 6.32. The van der Waals surface area contributed by atoms with Crippen LogP contribution in [-0.2, 0) is 20.1 Å². The molecule has 0 spiro atoms. The lowest BCUT2D eigenvalue weighted by molar-refractivity contribution is 0.498. The first-order valence-corrected chi connectivity index (χ1v) is 11.5. The summed E-state index contributed by atoms with van der Waals surface area (Å²) in [6, 6.07) is 7.59. The van der Waals surface area contributed by atoms with Gasteiger partial charge in [0.2, 0.25) is 0 Å². The maximum Gasteiger partial charge on any atom is 0.332 e. The van der Waals surface area contributed by atoms with Gasteiger partial charge in [0.05, 0.1) is 11.0 Å². The molecular formula is C22H26N6O3S. The van der Waals surface area contributed by atoms with Crippen molar-refractivity contribution < 1.29 is 0 Å². The Morgan fingerprint density at radius 3 is 2.59 bits per heavy atom. The molecule has 9 nitrogen and oxygen atoms in total. The van der Waals surface area contributed by atoms with E-state index in [1.54, 1.807) is 16.1 Å². The van der Waals surface area contributed by atoms with E-state index in [1.165, 1.54) is 18.8 Å². The molecule has 10 heteroatoms. The smallest absolute Gasteiger partial charge is 0.306 e. The van der Waals surface area contributed by atoms with Crippen molar-refractivity contribution in [2.45, 2.75) is 45.3 Å². The number of nitrogens with zero attached hydrogens (tertiary/aromatic N) is 5. The van der Waals surface area contributed by atoms with Crippen molar-refractivity contribution in [2.75, 3.05) is 5.75 Å². The van der Waals surface area contributed by atoms with Gasteiger partial charge in [0.1, 0.15) is 16.2 Å². The standard InChI is InChI=1S/C22H26N6O3S/c1-13(2)12-28-18-17(20(29)26(4)22(28)31)19(24-14(3)23-18)32-11-7-10-27-16-9-6-5-8-15(16)25-21(27)30/h5-6,8-9,13H,7,10-12H2,1-4H3,(H,25,30). The van der Waals surface area contributed by atoms with Gasteiger partial charge in [0.15, 0.2) is 5.65 Å². The largest absolute Gasteiger partial charge is 0.332 e. The van der Waals surface area contributed by atoms with Crippen molar-refractivity contribution in [1.29, 1.82) is 0 Å². The quantitative estimate of drug-likeness (QED) is 0.261. The molecule has 0 radical (unpaired) electrons. The molecule has 32 heavy (non-hydrogen) atoms. The first-order valence-electron chi connectivity index (χ1n) is 10.6. The zero-order valence-corrected chi connectivity index (χ0v) is 19.4. The summed E-state index contributed by atoms with van der Waals surface area (Å²) in [5, 5.41) is 0.935. The third-order valence-electron chi connectivity index (χ3n) is 5.25. The zero-order valence-electron chi connectivity index (χ0n) is 18.6. The number of aromatic amines is 1.